The highest BCUT2D eigenvalue weighted by atomic mass is 35.5. The summed E-state index contributed by atoms with van der Waals surface area (Å²) in [5.41, 5.74) is 6.79. The topological polar surface area (TPSA) is 15.6 Å². The Morgan fingerprint density at radius 2 is 1.88 bits per heavy atom. The number of allylic oxidation sites excluding steroid dienone is 1. The van der Waals surface area contributed by atoms with E-state index in [2.05, 4.69) is 68.8 Å². The van der Waals surface area contributed by atoms with Crippen LogP contribution in [-0.2, 0) is 0 Å². The molecule has 3 heteroatoms. The van der Waals surface area contributed by atoms with Crippen LogP contribution in [0.1, 0.15) is 44.4 Å². The number of hydrogen-bond acceptors (Lipinski definition) is 2. The van der Waals surface area contributed by atoms with E-state index in [-0.39, 0.29) is 5.54 Å². The summed E-state index contributed by atoms with van der Waals surface area (Å²) in [7, 11) is 0. The molecule has 0 amide bonds. The van der Waals surface area contributed by atoms with Gasteiger partial charge in [0.15, 0.2) is 0 Å². The van der Waals surface area contributed by atoms with Gasteiger partial charge < -0.3 is 4.90 Å². The third kappa shape index (κ3) is 3.36. The van der Waals surface area contributed by atoms with Crippen molar-refractivity contribution in [2.24, 2.45) is 4.99 Å². The van der Waals surface area contributed by atoms with Crippen LogP contribution in [0.15, 0.2) is 47.5 Å². The summed E-state index contributed by atoms with van der Waals surface area (Å²) < 4.78 is 0. The highest BCUT2D eigenvalue weighted by Crippen LogP contribution is 2.41. The average molecular weight is 353 g/mol. The highest BCUT2D eigenvalue weighted by Gasteiger charge is 2.30. The molecule has 25 heavy (non-hydrogen) atoms. The van der Waals surface area contributed by atoms with Crippen molar-refractivity contribution in [1.29, 1.82) is 0 Å². The van der Waals surface area contributed by atoms with Gasteiger partial charge in [0.25, 0.3) is 0 Å². The largest absolute Gasteiger partial charge is 0.363 e. The van der Waals surface area contributed by atoms with Crippen molar-refractivity contribution in [2.45, 2.75) is 40.2 Å². The van der Waals surface area contributed by atoms with Crippen LogP contribution in [0.4, 0.5) is 11.4 Å². The third-order valence-electron chi connectivity index (χ3n) is 4.87. The minimum absolute atomic E-state index is 0.00802. The Morgan fingerprint density at radius 1 is 1.16 bits per heavy atom. The van der Waals surface area contributed by atoms with E-state index >= 15 is 0 Å². The van der Waals surface area contributed by atoms with Crippen molar-refractivity contribution in [1.82, 2.24) is 0 Å². The molecule has 0 aromatic heterocycles. The Kier molecular flexibility index (Phi) is 4.75. The van der Waals surface area contributed by atoms with Crippen LogP contribution in [0.25, 0.3) is 5.57 Å². The minimum atomic E-state index is -0.00802. The molecule has 2 nitrogen and oxygen atoms in total. The van der Waals surface area contributed by atoms with Gasteiger partial charge in [-0.2, -0.15) is 0 Å². The molecule has 0 aliphatic carbocycles. The zero-order valence-electron chi connectivity index (χ0n) is 15.6. The van der Waals surface area contributed by atoms with Gasteiger partial charge in [0.1, 0.15) is 0 Å². The van der Waals surface area contributed by atoms with Gasteiger partial charge in [-0.25, -0.2) is 0 Å². The summed E-state index contributed by atoms with van der Waals surface area (Å²) in [6.07, 6.45) is 4.20. The summed E-state index contributed by atoms with van der Waals surface area (Å²) in [4.78, 5) is 7.03. The molecule has 0 radical (unpaired) electrons. The van der Waals surface area contributed by atoms with Crippen molar-refractivity contribution in [3.8, 4) is 0 Å². The normalized spacial score (nSPS) is 16.1. The number of likely N-dealkylation sites (N-methyl/N-ethyl adjacent to an activating group) is 1. The van der Waals surface area contributed by atoms with Gasteiger partial charge in [-0.1, -0.05) is 35.9 Å². The molecule has 2 aromatic rings. The van der Waals surface area contributed by atoms with E-state index in [0.29, 0.717) is 0 Å². The molecule has 0 unspecified atom stereocenters. The summed E-state index contributed by atoms with van der Waals surface area (Å²) in [6.45, 7) is 11.8. The number of aliphatic imine (C=N–C) groups is 1. The van der Waals surface area contributed by atoms with Crippen LogP contribution in [0.2, 0.25) is 5.02 Å². The van der Waals surface area contributed by atoms with E-state index in [0.717, 1.165) is 28.4 Å². The molecule has 0 saturated heterocycles. The van der Waals surface area contributed by atoms with Crippen molar-refractivity contribution in [3.05, 3.63) is 64.2 Å². The SMILES string of the molecule is CCN1c2cc(Cl)c(C=Nc3ccccc3C)cc2C(C)=CC1(C)C. The second-order valence-electron chi connectivity index (χ2n) is 7.16. The first-order valence-corrected chi connectivity index (χ1v) is 9.12. The van der Waals surface area contributed by atoms with E-state index in [9.17, 15) is 0 Å². The van der Waals surface area contributed by atoms with Crippen LogP contribution in [0.5, 0.6) is 0 Å². The fraction of sp³-hybridized carbons (Fsp3) is 0.318. The smallest absolute Gasteiger partial charge is 0.0659 e. The van der Waals surface area contributed by atoms with Crippen LogP contribution in [-0.4, -0.2) is 18.3 Å². The van der Waals surface area contributed by atoms with Gasteiger partial charge in [-0.15, -0.1) is 0 Å². The van der Waals surface area contributed by atoms with Gasteiger partial charge in [0, 0.05) is 29.6 Å². The molecule has 0 fully saturated rings. The van der Waals surface area contributed by atoms with Crippen molar-refractivity contribution < 1.29 is 0 Å². The number of halogens is 1. The summed E-state index contributed by atoms with van der Waals surface area (Å²) in [5.74, 6) is 0. The maximum Gasteiger partial charge on any atom is 0.0659 e. The van der Waals surface area contributed by atoms with Crippen molar-refractivity contribution >= 4 is 34.8 Å². The first-order chi connectivity index (χ1) is 11.8. The van der Waals surface area contributed by atoms with Crippen molar-refractivity contribution in [3.63, 3.8) is 0 Å². The van der Waals surface area contributed by atoms with Gasteiger partial charge in [0.2, 0.25) is 0 Å². The molecule has 0 saturated carbocycles. The molecular weight excluding hydrogens is 328 g/mol. The number of aryl methyl sites for hydroxylation is 1. The number of nitrogens with zero attached hydrogens (tertiary/aromatic N) is 2. The van der Waals surface area contributed by atoms with E-state index < -0.39 is 0 Å². The van der Waals surface area contributed by atoms with Crippen LogP contribution in [0.3, 0.4) is 0 Å². The molecule has 0 bridgehead atoms. The van der Waals surface area contributed by atoms with Gasteiger partial charge in [-0.3, -0.25) is 4.99 Å². The second kappa shape index (κ2) is 6.68. The number of anilines is 1. The van der Waals surface area contributed by atoms with Crippen LogP contribution < -0.4 is 4.90 Å². The van der Waals surface area contributed by atoms with Crippen LogP contribution >= 0.6 is 11.6 Å². The molecule has 0 atom stereocenters. The van der Waals surface area contributed by atoms with E-state index in [1.807, 2.05) is 24.4 Å². The van der Waals surface area contributed by atoms with E-state index in [4.69, 9.17) is 11.6 Å². The Hall–Kier alpha value is -2.06. The number of fused-ring (bicyclic) bond motifs is 1. The number of rotatable bonds is 3. The number of hydrogen-bond donors (Lipinski definition) is 0. The molecule has 130 valence electrons. The first kappa shape index (κ1) is 17.8. The fourth-order valence-corrected chi connectivity index (χ4v) is 3.85. The fourth-order valence-electron chi connectivity index (χ4n) is 3.64. The molecular formula is C22H25ClN2. The standard InChI is InChI=1S/C22H25ClN2/c1-6-25-21-12-19(23)17(11-18(21)16(3)13-22(25,4)5)14-24-20-10-8-7-9-15(20)2/h7-14H,6H2,1-5H3. The molecule has 2 aromatic carbocycles. The summed E-state index contributed by atoms with van der Waals surface area (Å²) in [6, 6.07) is 12.3. The quantitative estimate of drug-likeness (QED) is 0.582. The van der Waals surface area contributed by atoms with Crippen LogP contribution in [0, 0.1) is 6.92 Å². The van der Waals surface area contributed by atoms with Gasteiger partial charge in [-0.05, 0) is 64.0 Å². The summed E-state index contributed by atoms with van der Waals surface area (Å²) in [5, 5.41) is 0.736. The monoisotopic (exact) mass is 352 g/mol. The van der Waals surface area contributed by atoms with Gasteiger partial charge in [0.05, 0.1) is 16.2 Å². The molecule has 1 aliphatic heterocycles. The lowest BCUT2D eigenvalue weighted by Gasteiger charge is -2.43. The van der Waals surface area contributed by atoms with E-state index in [1.54, 1.807) is 0 Å². The highest BCUT2D eigenvalue weighted by molar-refractivity contribution is 6.33. The Balaban J connectivity index is 2.05. The van der Waals surface area contributed by atoms with Gasteiger partial charge >= 0.3 is 0 Å². The molecule has 1 aliphatic rings. The lowest BCUT2D eigenvalue weighted by atomic mass is 9.88. The predicted octanol–water partition coefficient (Wildman–Crippen LogP) is 6.42. The van der Waals surface area contributed by atoms with E-state index in [1.165, 1.54) is 16.8 Å². The predicted molar refractivity (Wildman–Crippen MR) is 111 cm³/mol. The second-order valence-corrected chi connectivity index (χ2v) is 7.57. The lowest BCUT2D eigenvalue weighted by molar-refractivity contribution is 0.566. The maximum absolute atomic E-state index is 6.59. The number of benzene rings is 2. The average Bonchev–Trinajstić information content (AvgIpc) is 2.54. The molecule has 0 N–H and O–H groups in total. The Morgan fingerprint density at radius 3 is 2.56 bits per heavy atom. The zero-order chi connectivity index (χ0) is 18.2. The molecule has 0 spiro atoms. The first-order valence-electron chi connectivity index (χ1n) is 8.74. The minimum Gasteiger partial charge on any atom is -0.363 e. The zero-order valence-corrected chi connectivity index (χ0v) is 16.4. The summed E-state index contributed by atoms with van der Waals surface area (Å²) >= 11 is 6.59. The van der Waals surface area contributed by atoms with Crippen molar-refractivity contribution in [2.75, 3.05) is 11.4 Å². The third-order valence-corrected chi connectivity index (χ3v) is 5.20. The molecule has 1 heterocycles. The molecule has 3 rings (SSSR count). The maximum atomic E-state index is 6.59. The number of para-hydroxylation sites is 1. The lowest BCUT2D eigenvalue weighted by Crippen LogP contribution is -2.44. The Bertz CT molecular complexity index is 862. The Labute approximate surface area is 155 Å².